The van der Waals surface area contributed by atoms with Crippen molar-refractivity contribution in [3.63, 3.8) is 0 Å². The first-order chi connectivity index (χ1) is 11.5. The maximum absolute atomic E-state index is 13.1. The van der Waals surface area contributed by atoms with E-state index in [1.165, 1.54) is 29.5 Å². The highest BCUT2D eigenvalue weighted by Crippen LogP contribution is 2.14. The molecule has 1 aromatic carbocycles. The summed E-state index contributed by atoms with van der Waals surface area (Å²) < 4.78 is 41.3. The van der Waals surface area contributed by atoms with Crippen LogP contribution in [0.5, 0.6) is 0 Å². The van der Waals surface area contributed by atoms with E-state index >= 15 is 0 Å². The molecule has 0 bridgehead atoms. The summed E-state index contributed by atoms with van der Waals surface area (Å²) in [7, 11) is -3.52. The summed E-state index contributed by atoms with van der Waals surface area (Å²) in [5, 5.41) is 6.70. The Hall–Kier alpha value is -2.10. The second-order valence-electron chi connectivity index (χ2n) is 5.11. The first-order valence-electron chi connectivity index (χ1n) is 7.18. The van der Waals surface area contributed by atoms with Crippen molar-refractivity contribution in [1.29, 1.82) is 0 Å². The third kappa shape index (κ3) is 4.47. The highest BCUT2D eigenvalue weighted by Gasteiger charge is 2.12. The van der Waals surface area contributed by atoms with Crippen molar-refractivity contribution in [3.05, 3.63) is 65.2 Å². The lowest BCUT2D eigenvalue weighted by Gasteiger charge is -2.06. The van der Waals surface area contributed by atoms with E-state index in [9.17, 15) is 12.8 Å². The van der Waals surface area contributed by atoms with Gasteiger partial charge in [-0.25, -0.2) is 27.2 Å². The summed E-state index contributed by atoms with van der Waals surface area (Å²) in [6.45, 7) is 0.236. The minimum Gasteiger partial charge on any atom is -0.223 e. The van der Waals surface area contributed by atoms with Crippen LogP contribution >= 0.6 is 11.3 Å². The van der Waals surface area contributed by atoms with E-state index in [4.69, 9.17) is 0 Å². The Balaban J connectivity index is 1.54. The summed E-state index contributed by atoms with van der Waals surface area (Å²) in [6, 6.07) is 7.38. The molecular formula is C15H15FN4O2S2. The Kier molecular flexibility index (Phi) is 5.03. The summed E-state index contributed by atoms with van der Waals surface area (Å²) >= 11 is 1.44. The normalized spacial score (nSPS) is 11.7. The number of thiazole rings is 1. The van der Waals surface area contributed by atoms with Gasteiger partial charge in [0.25, 0.3) is 0 Å². The lowest BCUT2D eigenvalue weighted by Crippen LogP contribution is -2.27. The average molecular weight is 366 g/mol. The molecule has 0 aliphatic heterocycles. The topological polar surface area (TPSA) is 76.9 Å². The van der Waals surface area contributed by atoms with Crippen LogP contribution in [-0.2, 0) is 22.2 Å². The van der Waals surface area contributed by atoms with Crippen molar-refractivity contribution in [2.45, 2.75) is 12.2 Å². The van der Waals surface area contributed by atoms with Crippen LogP contribution in [0.3, 0.4) is 0 Å². The van der Waals surface area contributed by atoms with Gasteiger partial charge in [-0.3, -0.25) is 0 Å². The monoisotopic (exact) mass is 366 g/mol. The molecule has 0 aliphatic rings. The van der Waals surface area contributed by atoms with Gasteiger partial charge in [-0.05, 0) is 23.8 Å². The summed E-state index contributed by atoms with van der Waals surface area (Å²) in [5.41, 5.74) is 1.20. The molecule has 0 aliphatic carbocycles. The van der Waals surface area contributed by atoms with Gasteiger partial charge in [0.15, 0.2) is 0 Å². The van der Waals surface area contributed by atoms with E-state index in [-0.39, 0.29) is 12.3 Å². The van der Waals surface area contributed by atoms with E-state index in [1.807, 2.05) is 11.4 Å². The predicted octanol–water partition coefficient (Wildman–Crippen LogP) is 2.13. The van der Waals surface area contributed by atoms with Crippen molar-refractivity contribution in [2.75, 3.05) is 6.54 Å². The van der Waals surface area contributed by atoms with Crippen LogP contribution in [0.1, 0.15) is 11.3 Å². The lowest BCUT2D eigenvalue weighted by atomic mass is 10.2. The molecule has 126 valence electrons. The minimum absolute atomic E-state index is 0.236. The number of hydrogen-bond acceptors (Lipinski definition) is 5. The van der Waals surface area contributed by atoms with Crippen LogP contribution in [0.25, 0.3) is 5.13 Å². The first-order valence-corrected chi connectivity index (χ1v) is 9.71. The second kappa shape index (κ2) is 7.20. The van der Waals surface area contributed by atoms with Crippen molar-refractivity contribution >= 4 is 21.4 Å². The van der Waals surface area contributed by atoms with E-state index in [0.29, 0.717) is 12.0 Å². The lowest BCUT2D eigenvalue weighted by molar-refractivity contribution is 0.580. The Morgan fingerprint density at radius 3 is 2.92 bits per heavy atom. The maximum Gasteiger partial charge on any atom is 0.215 e. The third-order valence-electron chi connectivity index (χ3n) is 3.19. The molecule has 0 saturated carbocycles. The standard InChI is InChI=1S/C15H15FN4O2S2/c16-13-4-1-3-12(9-13)11-24(21,22)18-7-5-14-10-23-15(19-14)20-8-2-6-17-20/h1-4,6,8-10,18H,5,7,11H2. The second-order valence-corrected chi connectivity index (χ2v) is 7.75. The molecule has 3 aromatic rings. The number of hydrogen-bond donors (Lipinski definition) is 1. The fraction of sp³-hybridized carbons (Fsp3) is 0.200. The van der Waals surface area contributed by atoms with Crippen molar-refractivity contribution in [2.24, 2.45) is 0 Å². The molecule has 0 radical (unpaired) electrons. The van der Waals surface area contributed by atoms with Crippen molar-refractivity contribution in [3.8, 4) is 5.13 Å². The van der Waals surface area contributed by atoms with Crippen LogP contribution in [0, 0.1) is 5.82 Å². The number of nitrogens with one attached hydrogen (secondary N) is 1. The van der Waals surface area contributed by atoms with Gasteiger partial charge in [0.1, 0.15) is 5.82 Å². The molecule has 1 N–H and O–H groups in total. The molecule has 9 heteroatoms. The van der Waals surface area contributed by atoms with E-state index < -0.39 is 15.8 Å². The number of rotatable bonds is 7. The smallest absolute Gasteiger partial charge is 0.215 e. The van der Waals surface area contributed by atoms with Crippen LogP contribution in [0.4, 0.5) is 4.39 Å². The molecule has 0 amide bonds. The fourth-order valence-electron chi connectivity index (χ4n) is 2.13. The molecule has 6 nitrogen and oxygen atoms in total. The summed E-state index contributed by atoms with van der Waals surface area (Å²) in [5.74, 6) is -0.697. The molecule has 0 fully saturated rings. The molecule has 0 spiro atoms. The van der Waals surface area contributed by atoms with Crippen LogP contribution in [0.2, 0.25) is 0 Å². The van der Waals surface area contributed by atoms with Gasteiger partial charge in [0, 0.05) is 30.7 Å². The van der Waals surface area contributed by atoms with E-state index in [0.717, 1.165) is 10.8 Å². The van der Waals surface area contributed by atoms with Gasteiger partial charge < -0.3 is 0 Å². The molecule has 0 atom stereocenters. The number of aromatic nitrogens is 3. The Morgan fingerprint density at radius 2 is 2.17 bits per heavy atom. The molecule has 24 heavy (non-hydrogen) atoms. The molecule has 3 rings (SSSR count). The number of nitrogens with zero attached hydrogens (tertiary/aromatic N) is 3. The van der Waals surface area contributed by atoms with Gasteiger partial charge in [-0.15, -0.1) is 11.3 Å². The predicted molar refractivity (Wildman–Crippen MR) is 90.0 cm³/mol. The van der Waals surface area contributed by atoms with Gasteiger partial charge in [-0.1, -0.05) is 12.1 Å². The zero-order valence-electron chi connectivity index (χ0n) is 12.6. The SMILES string of the molecule is O=S(=O)(Cc1cccc(F)c1)NCCc1csc(-n2cccn2)n1. The van der Waals surface area contributed by atoms with E-state index in [2.05, 4.69) is 14.8 Å². The van der Waals surface area contributed by atoms with Crippen molar-refractivity contribution < 1.29 is 12.8 Å². The largest absolute Gasteiger partial charge is 0.223 e. The van der Waals surface area contributed by atoms with E-state index in [1.54, 1.807) is 23.1 Å². The quantitative estimate of drug-likeness (QED) is 0.695. The zero-order chi connectivity index (χ0) is 17.0. The molecular weight excluding hydrogens is 351 g/mol. The van der Waals surface area contributed by atoms with Gasteiger partial charge in [-0.2, -0.15) is 5.10 Å². The van der Waals surface area contributed by atoms with Gasteiger partial charge in [0.05, 0.1) is 11.4 Å². The fourth-order valence-corrected chi connectivity index (χ4v) is 4.06. The van der Waals surface area contributed by atoms with Crippen LogP contribution in [0.15, 0.2) is 48.1 Å². The van der Waals surface area contributed by atoms with Crippen molar-refractivity contribution in [1.82, 2.24) is 19.5 Å². The number of benzene rings is 1. The van der Waals surface area contributed by atoms with Crippen LogP contribution in [-0.4, -0.2) is 29.7 Å². The highest BCUT2D eigenvalue weighted by molar-refractivity contribution is 7.88. The van der Waals surface area contributed by atoms with Gasteiger partial charge in [0.2, 0.25) is 15.2 Å². The first kappa shape index (κ1) is 16.7. The molecule has 0 unspecified atom stereocenters. The Bertz CT molecular complexity index is 907. The van der Waals surface area contributed by atoms with Crippen LogP contribution < -0.4 is 4.72 Å². The maximum atomic E-state index is 13.1. The average Bonchev–Trinajstić information content (AvgIpc) is 3.17. The number of sulfonamides is 1. The van der Waals surface area contributed by atoms with Gasteiger partial charge >= 0.3 is 0 Å². The molecule has 0 saturated heterocycles. The number of halogens is 1. The Labute approximate surface area is 143 Å². The zero-order valence-corrected chi connectivity index (χ0v) is 14.2. The Morgan fingerprint density at radius 1 is 1.29 bits per heavy atom. The minimum atomic E-state index is -3.52. The molecule has 2 heterocycles. The summed E-state index contributed by atoms with van der Waals surface area (Å²) in [6.07, 6.45) is 3.94. The summed E-state index contributed by atoms with van der Waals surface area (Å²) in [4.78, 5) is 4.40. The third-order valence-corrected chi connectivity index (χ3v) is 5.43. The highest BCUT2D eigenvalue weighted by atomic mass is 32.2. The molecule has 2 aromatic heterocycles.